The number of esters is 3. The highest BCUT2D eigenvalue weighted by molar-refractivity contribution is 5.87. The van der Waals surface area contributed by atoms with Crippen LogP contribution in [0.4, 0.5) is 9.59 Å². The monoisotopic (exact) mass is 688 g/mol. The molecular formula is C38H44N2O10. The maximum Gasteiger partial charge on any atom is 0.408 e. The first-order valence-corrected chi connectivity index (χ1v) is 16.3. The van der Waals surface area contributed by atoms with Crippen LogP contribution in [0, 0.1) is 0 Å². The number of carbonyl (C=O) groups is 5. The van der Waals surface area contributed by atoms with Gasteiger partial charge >= 0.3 is 30.1 Å². The molecule has 0 unspecified atom stereocenters. The number of ether oxygens (including phenoxy) is 5. The zero-order valence-corrected chi connectivity index (χ0v) is 29.1. The van der Waals surface area contributed by atoms with Gasteiger partial charge in [0.15, 0.2) is 6.04 Å². The lowest BCUT2D eigenvalue weighted by Gasteiger charge is -2.24. The molecule has 0 saturated carbocycles. The van der Waals surface area contributed by atoms with E-state index >= 15 is 0 Å². The number of hydrogen-bond donors (Lipinski definition) is 2. The van der Waals surface area contributed by atoms with E-state index in [1.807, 2.05) is 54.6 Å². The van der Waals surface area contributed by atoms with Crippen molar-refractivity contribution in [2.24, 2.45) is 0 Å². The van der Waals surface area contributed by atoms with Crippen LogP contribution in [-0.2, 0) is 44.7 Å². The molecule has 0 fully saturated rings. The molecule has 0 bridgehead atoms. The van der Waals surface area contributed by atoms with Crippen LogP contribution >= 0.6 is 0 Å². The molecule has 0 aliphatic heterocycles. The number of carbonyl (C=O) groups excluding carboxylic acids is 5. The van der Waals surface area contributed by atoms with E-state index in [1.165, 1.54) is 0 Å². The third-order valence-electron chi connectivity index (χ3n) is 7.30. The van der Waals surface area contributed by atoms with Crippen LogP contribution in [-0.4, -0.2) is 66.6 Å². The van der Waals surface area contributed by atoms with E-state index in [9.17, 15) is 24.0 Å². The zero-order valence-electron chi connectivity index (χ0n) is 29.1. The Kier molecular flexibility index (Phi) is 12.2. The van der Waals surface area contributed by atoms with Crippen LogP contribution in [0.15, 0.2) is 78.9 Å². The van der Waals surface area contributed by atoms with Gasteiger partial charge in [-0.2, -0.15) is 0 Å². The first kappa shape index (κ1) is 37.4. The number of hydrogen-bond acceptors (Lipinski definition) is 10. The van der Waals surface area contributed by atoms with Crippen molar-refractivity contribution in [3.63, 3.8) is 0 Å². The second kappa shape index (κ2) is 16.3. The molecule has 2 amide bonds. The van der Waals surface area contributed by atoms with Gasteiger partial charge in [0, 0.05) is 5.92 Å². The summed E-state index contributed by atoms with van der Waals surface area (Å²) >= 11 is 0. The molecule has 12 heteroatoms. The molecule has 12 nitrogen and oxygen atoms in total. The van der Waals surface area contributed by atoms with E-state index < -0.39 is 66.4 Å². The van der Waals surface area contributed by atoms with Crippen molar-refractivity contribution in [1.82, 2.24) is 10.6 Å². The summed E-state index contributed by atoms with van der Waals surface area (Å²) in [5.41, 5.74) is 3.01. The number of amides is 2. The molecule has 0 radical (unpaired) electrons. The maximum absolute atomic E-state index is 13.4. The number of fused-ring (bicyclic) bond motifs is 3. The predicted octanol–water partition coefficient (Wildman–Crippen LogP) is 5.81. The summed E-state index contributed by atoms with van der Waals surface area (Å²) in [4.78, 5) is 64.9. The highest BCUT2D eigenvalue weighted by Crippen LogP contribution is 2.44. The predicted molar refractivity (Wildman–Crippen MR) is 183 cm³/mol. The summed E-state index contributed by atoms with van der Waals surface area (Å²) in [6, 6.07) is 21.5. The molecular weight excluding hydrogens is 644 g/mol. The van der Waals surface area contributed by atoms with E-state index in [1.54, 1.807) is 65.8 Å². The third kappa shape index (κ3) is 11.1. The Morgan fingerprint density at radius 2 is 1.14 bits per heavy atom. The van der Waals surface area contributed by atoms with Gasteiger partial charge in [-0.05, 0) is 69.4 Å². The number of alkyl carbamates (subject to hydrolysis) is 2. The average molecular weight is 689 g/mol. The van der Waals surface area contributed by atoms with Crippen LogP contribution in [0.1, 0.15) is 70.6 Å². The van der Waals surface area contributed by atoms with Crippen molar-refractivity contribution in [1.29, 1.82) is 0 Å². The quantitative estimate of drug-likeness (QED) is 0.176. The highest BCUT2D eigenvalue weighted by Gasteiger charge is 2.33. The molecule has 2 atom stereocenters. The van der Waals surface area contributed by atoms with Gasteiger partial charge in [-0.1, -0.05) is 78.9 Å². The Morgan fingerprint density at radius 1 is 0.620 bits per heavy atom. The van der Waals surface area contributed by atoms with Crippen LogP contribution in [0.5, 0.6) is 0 Å². The zero-order chi connectivity index (χ0) is 36.5. The van der Waals surface area contributed by atoms with Crippen LogP contribution in [0.2, 0.25) is 0 Å². The third-order valence-corrected chi connectivity index (χ3v) is 7.30. The Balaban J connectivity index is 1.44. The summed E-state index contributed by atoms with van der Waals surface area (Å²) < 4.78 is 27.0. The van der Waals surface area contributed by atoms with Crippen molar-refractivity contribution >= 4 is 30.1 Å². The minimum atomic E-state index is -1.55. The van der Waals surface area contributed by atoms with Gasteiger partial charge in [0.1, 0.15) is 37.1 Å². The second-order valence-electron chi connectivity index (χ2n) is 13.7. The fourth-order valence-electron chi connectivity index (χ4n) is 5.24. The smallest absolute Gasteiger partial charge is 0.408 e. The summed E-state index contributed by atoms with van der Waals surface area (Å²) in [5, 5.41) is 4.78. The molecule has 3 aromatic carbocycles. The molecule has 0 aromatic heterocycles. The van der Waals surface area contributed by atoms with Gasteiger partial charge in [0.25, 0.3) is 0 Å². The fraction of sp³-hybridized carbons (Fsp3) is 0.395. The fourth-order valence-corrected chi connectivity index (χ4v) is 5.24. The molecule has 0 spiro atoms. The van der Waals surface area contributed by atoms with E-state index in [-0.39, 0.29) is 19.1 Å². The van der Waals surface area contributed by atoms with E-state index in [0.717, 1.165) is 22.3 Å². The van der Waals surface area contributed by atoms with Crippen molar-refractivity contribution in [3.8, 4) is 11.1 Å². The number of rotatable bonds is 12. The Bertz CT molecular complexity index is 1630. The number of benzene rings is 3. The first-order chi connectivity index (χ1) is 23.6. The minimum absolute atomic E-state index is 0.0385. The molecule has 0 heterocycles. The maximum atomic E-state index is 13.4. The van der Waals surface area contributed by atoms with Crippen LogP contribution in [0.25, 0.3) is 11.1 Å². The van der Waals surface area contributed by atoms with Crippen molar-refractivity contribution in [2.75, 3.05) is 13.2 Å². The van der Waals surface area contributed by atoms with Gasteiger partial charge in [-0.15, -0.1) is 0 Å². The summed E-state index contributed by atoms with van der Waals surface area (Å²) in [5.74, 6) is -3.01. The van der Waals surface area contributed by atoms with Crippen molar-refractivity contribution in [3.05, 3.63) is 95.6 Å². The normalized spacial score (nSPS) is 13.5. The lowest BCUT2D eigenvalue weighted by molar-refractivity contribution is -0.161. The first-order valence-electron chi connectivity index (χ1n) is 16.3. The molecule has 266 valence electrons. The second-order valence-corrected chi connectivity index (χ2v) is 13.7. The molecule has 4 rings (SSSR count). The summed E-state index contributed by atoms with van der Waals surface area (Å²) in [6.07, 6.45) is -2.51. The Labute approximate surface area is 291 Å². The summed E-state index contributed by atoms with van der Waals surface area (Å²) in [7, 11) is 0. The molecule has 3 aromatic rings. The lowest BCUT2D eigenvalue weighted by Crippen LogP contribution is -2.49. The molecule has 2 N–H and O–H groups in total. The molecule has 1 aliphatic rings. The summed E-state index contributed by atoms with van der Waals surface area (Å²) in [6.45, 7) is 9.07. The van der Waals surface area contributed by atoms with E-state index in [4.69, 9.17) is 23.7 Å². The molecule has 0 saturated heterocycles. The van der Waals surface area contributed by atoms with Gasteiger partial charge in [-0.3, -0.25) is 4.79 Å². The average Bonchev–Trinajstić information content (AvgIpc) is 3.36. The SMILES string of the molecule is CC(C)(C)OC(=O)C[C@H](NC(=O)OCC1c2ccccc2-c2ccccc21)C(=O)OC[C@H](NC(=O)OC(C)(C)C)C(=O)OCc1ccccc1. The Morgan fingerprint density at radius 3 is 1.72 bits per heavy atom. The minimum Gasteiger partial charge on any atom is -0.461 e. The standard InChI is InChI=1S/C38H44N2O10/c1-37(2,3)49-32(41)20-30(39-35(44)48-22-29-27-18-12-10-16-25(27)26-17-11-13-19-28(26)29)33(42)47-23-31(40-36(45)50-38(4,5)6)34(43)46-21-24-14-8-7-9-15-24/h7-19,29-31H,20-23H2,1-6H3,(H,39,44)(H,40,45)/t30-,31-/m0/s1. The van der Waals surface area contributed by atoms with Crippen molar-refractivity contribution in [2.45, 2.75) is 83.8 Å². The van der Waals surface area contributed by atoms with Crippen LogP contribution < -0.4 is 10.6 Å². The van der Waals surface area contributed by atoms with Crippen LogP contribution in [0.3, 0.4) is 0 Å². The van der Waals surface area contributed by atoms with Crippen molar-refractivity contribution < 1.29 is 47.7 Å². The highest BCUT2D eigenvalue weighted by atomic mass is 16.6. The van der Waals surface area contributed by atoms with Gasteiger partial charge in [0.05, 0.1) is 6.42 Å². The molecule has 50 heavy (non-hydrogen) atoms. The molecule has 1 aliphatic carbocycles. The van der Waals surface area contributed by atoms with Gasteiger partial charge in [-0.25, -0.2) is 19.2 Å². The van der Waals surface area contributed by atoms with Gasteiger partial charge < -0.3 is 34.3 Å². The topological polar surface area (TPSA) is 156 Å². The Hall–Kier alpha value is -5.39. The largest absolute Gasteiger partial charge is 0.461 e. The van der Waals surface area contributed by atoms with E-state index in [0.29, 0.717) is 5.56 Å². The number of nitrogens with one attached hydrogen (secondary N) is 2. The lowest BCUT2D eigenvalue weighted by atomic mass is 9.98. The van der Waals surface area contributed by atoms with E-state index in [2.05, 4.69) is 10.6 Å². The van der Waals surface area contributed by atoms with Gasteiger partial charge in [0.2, 0.25) is 0 Å².